The Bertz CT molecular complexity index is 583. The minimum absolute atomic E-state index is 0.0528. The Labute approximate surface area is 126 Å². The fourth-order valence-electron chi connectivity index (χ4n) is 1.66. The first-order valence-corrected chi connectivity index (χ1v) is 7.17. The van der Waals surface area contributed by atoms with Crippen LogP contribution in [0.25, 0.3) is 6.08 Å². The number of rotatable bonds is 7. The van der Waals surface area contributed by atoms with Crippen molar-refractivity contribution in [1.82, 2.24) is 0 Å². The molecular formula is C14H15NO5S. The number of benzene rings is 1. The molecule has 0 spiro atoms. The van der Waals surface area contributed by atoms with Crippen molar-refractivity contribution in [2.24, 2.45) is 0 Å². The van der Waals surface area contributed by atoms with Crippen LogP contribution in [0.2, 0.25) is 0 Å². The van der Waals surface area contributed by atoms with Crippen LogP contribution in [-0.2, 0) is 16.0 Å². The highest BCUT2D eigenvalue weighted by Crippen LogP contribution is 2.22. The average Bonchev–Trinajstić information content (AvgIpc) is 2.38. The van der Waals surface area contributed by atoms with E-state index in [1.165, 1.54) is 30.8 Å². The highest BCUT2D eigenvalue weighted by molar-refractivity contribution is 8.13. The number of nitro groups is 1. The predicted octanol–water partition coefficient (Wildman–Crippen LogP) is 2.90. The van der Waals surface area contributed by atoms with Gasteiger partial charge in [0.25, 0.3) is 5.69 Å². The molecule has 0 unspecified atom stereocenters. The fourth-order valence-corrected chi connectivity index (χ4v) is 2.20. The summed E-state index contributed by atoms with van der Waals surface area (Å²) in [4.78, 5) is 31.8. The molecule has 7 heteroatoms. The van der Waals surface area contributed by atoms with Gasteiger partial charge >= 0.3 is 5.97 Å². The van der Waals surface area contributed by atoms with E-state index < -0.39 is 10.9 Å². The Morgan fingerprint density at radius 2 is 2.14 bits per heavy atom. The third-order valence-corrected chi connectivity index (χ3v) is 3.39. The lowest BCUT2D eigenvalue weighted by Crippen LogP contribution is -2.03. The van der Waals surface area contributed by atoms with Gasteiger partial charge in [-0.3, -0.25) is 19.7 Å². The van der Waals surface area contributed by atoms with Crippen molar-refractivity contribution in [1.29, 1.82) is 0 Å². The van der Waals surface area contributed by atoms with E-state index in [0.29, 0.717) is 17.7 Å². The molecule has 0 radical (unpaired) electrons. The summed E-state index contributed by atoms with van der Waals surface area (Å²) in [6.07, 6.45) is 3.84. The van der Waals surface area contributed by atoms with Gasteiger partial charge < -0.3 is 5.11 Å². The molecule has 0 atom stereocenters. The van der Waals surface area contributed by atoms with Crippen LogP contribution in [0.15, 0.2) is 24.3 Å². The maximum Gasteiger partial charge on any atom is 0.308 e. The molecule has 0 heterocycles. The topological polar surface area (TPSA) is 97.5 Å². The molecule has 0 bridgehead atoms. The first-order valence-electron chi connectivity index (χ1n) is 6.19. The first-order chi connectivity index (χ1) is 9.90. The summed E-state index contributed by atoms with van der Waals surface area (Å²) in [5, 5.41) is 19.7. The van der Waals surface area contributed by atoms with Gasteiger partial charge in [-0.1, -0.05) is 36.0 Å². The molecule has 21 heavy (non-hydrogen) atoms. The van der Waals surface area contributed by atoms with E-state index in [2.05, 4.69) is 0 Å². The zero-order valence-electron chi connectivity index (χ0n) is 11.4. The predicted molar refractivity (Wildman–Crippen MR) is 81.2 cm³/mol. The summed E-state index contributed by atoms with van der Waals surface area (Å²) in [6.45, 7) is 1.50. The molecule has 1 N–H and O–H groups in total. The largest absolute Gasteiger partial charge is 0.481 e. The zero-order valence-corrected chi connectivity index (χ0v) is 12.3. The molecule has 1 rings (SSSR count). The fraction of sp³-hybridized carbons (Fsp3) is 0.286. The van der Waals surface area contributed by atoms with Gasteiger partial charge in [0.1, 0.15) is 0 Å². The summed E-state index contributed by atoms with van der Waals surface area (Å²) >= 11 is 1.22. The minimum Gasteiger partial charge on any atom is -0.481 e. The lowest BCUT2D eigenvalue weighted by molar-refractivity contribution is -0.385. The molecular weight excluding hydrogens is 294 g/mol. The molecule has 0 saturated carbocycles. The van der Waals surface area contributed by atoms with E-state index in [0.717, 1.165) is 0 Å². The van der Waals surface area contributed by atoms with E-state index in [4.69, 9.17) is 5.11 Å². The smallest absolute Gasteiger partial charge is 0.308 e. The van der Waals surface area contributed by atoms with Crippen LogP contribution in [0.1, 0.15) is 24.5 Å². The van der Waals surface area contributed by atoms with E-state index in [1.807, 2.05) is 6.08 Å². The number of nitrogens with zero attached hydrogens (tertiary/aromatic N) is 1. The Balaban J connectivity index is 2.78. The van der Waals surface area contributed by atoms with Crippen molar-refractivity contribution in [3.63, 3.8) is 0 Å². The molecule has 1 aromatic rings. The number of thioether (sulfide) groups is 1. The lowest BCUT2D eigenvalue weighted by atomic mass is 10.1. The van der Waals surface area contributed by atoms with Crippen molar-refractivity contribution in [3.05, 3.63) is 45.5 Å². The van der Waals surface area contributed by atoms with Gasteiger partial charge in [-0.2, -0.15) is 0 Å². The highest BCUT2D eigenvalue weighted by Gasteiger charge is 2.16. The minimum atomic E-state index is -1.11. The Kier molecular flexibility index (Phi) is 6.61. The Morgan fingerprint density at radius 1 is 1.43 bits per heavy atom. The third kappa shape index (κ3) is 6.22. The molecule has 6 nitrogen and oxygen atoms in total. The van der Waals surface area contributed by atoms with Crippen LogP contribution < -0.4 is 0 Å². The number of carbonyl (C=O) groups is 2. The van der Waals surface area contributed by atoms with Crippen LogP contribution >= 0.6 is 11.8 Å². The molecule has 0 saturated heterocycles. The maximum absolute atomic E-state index is 11.0. The van der Waals surface area contributed by atoms with Gasteiger partial charge in [0.2, 0.25) is 0 Å². The van der Waals surface area contributed by atoms with Gasteiger partial charge in [0, 0.05) is 24.3 Å². The van der Waals surface area contributed by atoms with E-state index >= 15 is 0 Å². The number of hydrogen-bond donors (Lipinski definition) is 1. The summed E-state index contributed by atoms with van der Waals surface area (Å²) in [7, 11) is 0. The van der Waals surface area contributed by atoms with Crippen LogP contribution in [0, 0.1) is 10.1 Å². The van der Waals surface area contributed by atoms with E-state index in [1.54, 1.807) is 12.1 Å². The first kappa shape index (κ1) is 16.9. The van der Waals surface area contributed by atoms with Gasteiger partial charge in [0.15, 0.2) is 5.12 Å². The molecule has 0 aliphatic carbocycles. The van der Waals surface area contributed by atoms with Gasteiger partial charge in [-0.15, -0.1) is 0 Å². The molecule has 0 aromatic heterocycles. The van der Waals surface area contributed by atoms with Gasteiger partial charge in [0.05, 0.1) is 11.3 Å². The van der Waals surface area contributed by atoms with Crippen molar-refractivity contribution in [2.75, 3.05) is 5.75 Å². The number of carboxylic acid groups (broad SMARTS) is 1. The van der Waals surface area contributed by atoms with Crippen molar-refractivity contribution in [3.8, 4) is 0 Å². The Morgan fingerprint density at radius 3 is 2.71 bits per heavy atom. The summed E-state index contributed by atoms with van der Waals surface area (Å²) in [5.74, 6) is -0.451. The molecule has 0 aliphatic rings. The Hall–Kier alpha value is -2.15. The van der Waals surface area contributed by atoms with E-state index in [9.17, 15) is 19.7 Å². The number of carboxylic acids is 1. The normalized spacial score (nSPS) is 10.7. The molecule has 0 fully saturated rings. The van der Waals surface area contributed by atoms with E-state index in [-0.39, 0.29) is 22.8 Å². The van der Waals surface area contributed by atoms with Crippen molar-refractivity contribution >= 4 is 34.6 Å². The second kappa shape index (κ2) is 8.21. The molecule has 112 valence electrons. The summed E-state index contributed by atoms with van der Waals surface area (Å²) < 4.78 is 0. The molecule has 0 amide bonds. The number of hydrogen-bond acceptors (Lipinski definition) is 5. The monoisotopic (exact) mass is 309 g/mol. The molecule has 1 aromatic carbocycles. The van der Waals surface area contributed by atoms with Crippen LogP contribution in [-0.4, -0.2) is 26.9 Å². The summed E-state index contributed by atoms with van der Waals surface area (Å²) in [6, 6.07) is 4.45. The number of nitro benzene ring substituents is 1. The maximum atomic E-state index is 11.0. The third-order valence-electron chi connectivity index (χ3n) is 2.55. The number of carbonyl (C=O) groups excluding carboxylic acids is 1. The zero-order chi connectivity index (χ0) is 15.8. The standard InChI is InChI=1S/C14H15NO5S/c1-10(16)21-7-3-2-4-11-5-6-12(9-14(17)18)13(8-11)15(19)20/h2,4-6,8H,3,7,9H2,1H3,(H,17,18). The number of aliphatic carboxylic acids is 1. The average molecular weight is 309 g/mol. The summed E-state index contributed by atoms with van der Waals surface area (Å²) in [5.41, 5.74) is 0.609. The second-order valence-electron chi connectivity index (χ2n) is 4.25. The van der Waals surface area contributed by atoms with Crippen LogP contribution in [0.5, 0.6) is 0 Å². The van der Waals surface area contributed by atoms with Gasteiger partial charge in [-0.25, -0.2) is 0 Å². The lowest BCUT2D eigenvalue weighted by Gasteiger charge is -2.01. The quantitative estimate of drug-likeness (QED) is 0.472. The van der Waals surface area contributed by atoms with Gasteiger partial charge in [-0.05, 0) is 12.0 Å². The number of allylic oxidation sites excluding steroid dienone is 1. The molecule has 0 aliphatic heterocycles. The SMILES string of the molecule is CC(=O)SCCC=Cc1ccc(CC(=O)O)c([N+](=O)[O-])c1. The van der Waals surface area contributed by atoms with Crippen molar-refractivity contribution in [2.45, 2.75) is 19.8 Å². The second-order valence-corrected chi connectivity index (χ2v) is 5.52. The highest BCUT2D eigenvalue weighted by atomic mass is 32.2. The van der Waals surface area contributed by atoms with Crippen LogP contribution in [0.4, 0.5) is 5.69 Å². The van der Waals surface area contributed by atoms with Crippen LogP contribution in [0.3, 0.4) is 0 Å². The van der Waals surface area contributed by atoms with Crippen molar-refractivity contribution < 1.29 is 19.6 Å².